The van der Waals surface area contributed by atoms with Gasteiger partial charge in [0.1, 0.15) is 5.82 Å². The number of anilines is 1. The second-order valence-corrected chi connectivity index (χ2v) is 8.84. The number of carbonyl (C=O) groups is 1. The van der Waals surface area contributed by atoms with Gasteiger partial charge in [0.15, 0.2) is 11.6 Å². The predicted molar refractivity (Wildman–Crippen MR) is 128 cm³/mol. The standard InChI is InChI=1S/C27H25N5O/c1-16-12-22-26(23(33)13-16)25(19-11-7-6-8-17(19)2)20(15-28)27(29)32(22)24-14-21(30-31-24)18-9-4-3-5-10-18/h3-11,14,16,25H,12-13,29H2,1-2H3,(H,30,31). The van der Waals surface area contributed by atoms with Crippen molar-refractivity contribution in [3.05, 3.63) is 94.5 Å². The summed E-state index contributed by atoms with van der Waals surface area (Å²) in [6.45, 7) is 4.07. The second-order valence-electron chi connectivity index (χ2n) is 8.84. The molecule has 0 radical (unpaired) electrons. The number of carbonyl (C=O) groups excluding carboxylic acids is 1. The lowest BCUT2D eigenvalue weighted by molar-refractivity contribution is -0.117. The van der Waals surface area contributed by atoms with E-state index in [-0.39, 0.29) is 11.7 Å². The molecule has 0 spiro atoms. The summed E-state index contributed by atoms with van der Waals surface area (Å²) in [5.74, 6) is 0.700. The minimum absolute atomic E-state index is 0.0704. The van der Waals surface area contributed by atoms with Crippen LogP contribution in [0.5, 0.6) is 0 Å². The number of hydrogen-bond donors (Lipinski definition) is 2. The van der Waals surface area contributed by atoms with Crippen LogP contribution in [-0.4, -0.2) is 16.0 Å². The number of H-pyrrole nitrogens is 1. The van der Waals surface area contributed by atoms with Crippen LogP contribution in [0.3, 0.4) is 0 Å². The van der Waals surface area contributed by atoms with Gasteiger partial charge in [-0.2, -0.15) is 10.4 Å². The molecule has 0 amide bonds. The molecule has 1 aliphatic carbocycles. The molecule has 6 nitrogen and oxygen atoms in total. The molecule has 1 aliphatic heterocycles. The van der Waals surface area contributed by atoms with E-state index in [9.17, 15) is 10.1 Å². The first-order valence-electron chi connectivity index (χ1n) is 11.1. The van der Waals surface area contributed by atoms with E-state index in [1.807, 2.05) is 67.6 Å². The summed E-state index contributed by atoms with van der Waals surface area (Å²) in [4.78, 5) is 15.2. The van der Waals surface area contributed by atoms with Crippen LogP contribution in [0, 0.1) is 24.2 Å². The largest absolute Gasteiger partial charge is 0.384 e. The van der Waals surface area contributed by atoms with Crippen LogP contribution in [0.15, 0.2) is 83.3 Å². The van der Waals surface area contributed by atoms with Crippen molar-refractivity contribution in [2.45, 2.75) is 32.6 Å². The normalized spacial score (nSPS) is 20.6. The van der Waals surface area contributed by atoms with Gasteiger partial charge < -0.3 is 5.73 Å². The Morgan fingerprint density at radius 2 is 1.85 bits per heavy atom. The highest BCUT2D eigenvalue weighted by Gasteiger charge is 2.42. The van der Waals surface area contributed by atoms with Crippen molar-refractivity contribution < 1.29 is 4.79 Å². The zero-order valence-corrected chi connectivity index (χ0v) is 18.7. The first kappa shape index (κ1) is 20.8. The number of aromatic nitrogens is 2. The van der Waals surface area contributed by atoms with Crippen LogP contribution in [0.1, 0.15) is 36.8 Å². The molecule has 164 valence electrons. The Bertz CT molecular complexity index is 1340. The molecule has 2 aromatic carbocycles. The fraction of sp³-hybridized carbons (Fsp3) is 0.222. The van der Waals surface area contributed by atoms with Crippen molar-refractivity contribution in [2.75, 3.05) is 4.90 Å². The molecule has 2 atom stereocenters. The highest BCUT2D eigenvalue weighted by Crippen LogP contribution is 2.47. The van der Waals surface area contributed by atoms with Crippen LogP contribution < -0.4 is 10.6 Å². The molecule has 1 aromatic heterocycles. The Morgan fingerprint density at radius 3 is 2.58 bits per heavy atom. The number of aryl methyl sites for hydroxylation is 1. The molecule has 0 bridgehead atoms. The quantitative estimate of drug-likeness (QED) is 0.607. The Kier molecular flexibility index (Phi) is 5.10. The Hall–Kier alpha value is -4.11. The molecule has 2 aliphatic rings. The van der Waals surface area contributed by atoms with Gasteiger partial charge in [-0.3, -0.25) is 14.8 Å². The number of benzene rings is 2. The van der Waals surface area contributed by atoms with Crippen molar-refractivity contribution in [1.82, 2.24) is 10.2 Å². The van der Waals surface area contributed by atoms with E-state index >= 15 is 0 Å². The Labute approximate surface area is 193 Å². The summed E-state index contributed by atoms with van der Waals surface area (Å²) in [7, 11) is 0. The molecule has 0 saturated heterocycles. The van der Waals surface area contributed by atoms with Gasteiger partial charge in [-0.25, -0.2) is 0 Å². The number of aromatic amines is 1. The van der Waals surface area contributed by atoms with Gasteiger partial charge in [0.2, 0.25) is 0 Å². The topological polar surface area (TPSA) is 98.8 Å². The lowest BCUT2D eigenvalue weighted by Crippen LogP contribution is -2.40. The van der Waals surface area contributed by atoms with Crippen molar-refractivity contribution in [3.63, 3.8) is 0 Å². The van der Waals surface area contributed by atoms with Crippen LogP contribution in [0.25, 0.3) is 11.3 Å². The van der Waals surface area contributed by atoms with Crippen molar-refractivity contribution in [2.24, 2.45) is 11.7 Å². The molecular formula is C27H25N5O. The molecule has 2 unspecified atom stereocenters. The van der Waals surface area contributed by atoms with Crippen LogP contribution in [-0.2, 0) is 4.79 Å². The number of Topliss-reactive ketones (excluding diaryl/α,β-unsaturated/α-hetero) is 1. The zero-order chi connectivity index (χ0) is 23.1. The third kappa shape index (κ3) is 3.42. The summed E-state index contributed by atoms with van der Waals surface area (Å²) in [6, 6.07) is 22.0. The maximum Gasteiger partial charge on any atom is 0.161 e. The van der Waals surface area contributed by atoms with Crippen LogP contribution in [0.2, 0.25) is 0 Å². The van der Waals surface area contributed by atoms with Crippen LogP contribution >= 0.6 is 0 Å². The van der Waals surface area contributed by atoms with Crippen molar-refractivity contribution in [1.29, 1.82) is 5.26 Å². The monoisotopic (exact) mass is 435 g/mol. The maximum absolute atomic E-state index is 13.4. The third-order valence-corrected chi connectivity index (χ3v) is 6.55. The predicted octanol–water partition coefficient (Wildman–Crippen LogP) is 4.94. The Morgan fingerprint density at radius 1 is 1.12 bits per heavy atom. The molecule has 3 N–H and O–H groups in total. The average molecular weight is 436 g/mol. The van der Waals surface area contributed by atoms with E-state index < -0.39 is 5.92 Å². The lowest BCUT2D eigenvalue weighted by Gasteiger charge is -2.40. The van der Waals surface area contributed by atoms with Gasteiger partial charge >= 0.3 is 0 Å². The fourth-order valence-electron chi connectivity index (χ4n) is 4.99. The first-order valence-corrected chi connectivity index (χ1v) is 11.1. The summed E-state index contributed by atoms with van der Waals surface area (Å²) in [5.41, 5.74) is 12.4. The Balaban J connectivity index is 1.71. The SMILES string of the molecule is Cc1ccccc1C1C(C#N)=C(N)N(c2cc(-c3ccccc3)[nH]n2)C2=C1C(=O)CC(C)C2. The minimum Gasteiger partial charge on any atom is -0.384 e. The first-order chi connectivity index (χ1) is 16.0. The number of nitriles is 1. The number of nitrogens with two attached hydrogens (primary N) is 1. The number of allylic oxidation sites excluding steroid dienone is 3. The van der Waals surface area contributed by atoms with Gasteiger partial charge in [-0.1, -0.05) is 61.5 Å². The highest BCUT2D eigenvalue weighted by molar-refractivity contribution is 6.01. The molecule has 2 heterocycles. The average Bonchev–Trinajstić information content (AvgIpc) is 3.29. The maximum atomic E-state index is 13.4. The summed E-state index contributed by atoms with van der Waals surface area (Å²) in [5, 5.41) is 17.8. The molecular weight excluding hydrogens is 410 g/mol. The summed E-state index contributed by atoms with van der Waals surface area (Å²) < 4.78 is 0. The molecule has 6 heteroatoms. The molecule has 0 saturated carbocycles. The minimum atomic E-state index is -0.463. The number of hydrogen-bond acceptors (Lipinski definition) is 5. The fourth-order valence-corrected chi connectivity index (χ4v) is 4.99. The van der Waals surface area contributed by atoms with E-state index in [0.29, 0.717) is 35.6 Å². The number of rotatable bonds is 3. The number of ketones is 1. The lowest BCUT2D eigenvalue weighted by atomic mass is 9.72. The van der Waals surface area contributed by atoms with E-state index in [4.69, 9.17) is 5.73 Å². The van der Waals surface area contributed by atoms with E-state index in [1.165, 1.54) is 0 Å². The third-order valence-electron chi connectivity index (χ3n) is 6.55. The van der Waals surface area contributed by atoms with Crippen LogP contribution in [0.4, 0.5) is 5.82 Å². The number of nitrogens with zero attached hydrogens (tertiary/aromatic N) is 3. The van der Waals surface area contributed by atoms with E-state index in [1.54, 1.807) is 4.90 Å². The number of nitrogens with one attached hydrogen (secondary N) is 1. The van der Waals surface area contributed by atoms with Gasteiger partial charge in [0.25, 0.3) is 0 Å². The van der Waals surface area contributed by atoms with Crippen molar-refractivity contribution in [3.8, 4) is 17.3 Å². The zero-order valence-electron chi connectivity index (χ0n) is 18.7. The highest BCUT2D eigenvalue weighted by atomic mass is 16.1. The molecule has 0 fully saturated rings. The van der Waals surface area contributed by atoms with Gasteiger partial charge in [-0.05, 0) is 36.0 Å². The molecule has 3 aromatic rings. The van der Waals surface area contributed by atoms with Gasteiger partial charge in [0, 0.05) is 23.8 Å². The van der Waals surface area contributed by atoms with Gasteiger partial charge in [0.05, 0.1) is 23.3 Å². The smallest absolute Gasteiger partial charge is 0.161 e. The van der Waals surface area contributed by atoms with E-state index in [2.05, 4.69) is 23.2 Å². The molecule has 5 rings (SSSR count). The second kappa shape index (κ2) is 8.10. The van der Waals surface area contributed by atoms with E-state index in [0.717, 1.165) is 28.1 Å². The summed E-state index contributed by atoms with van der Waals surface area (Å²) in [6.07, 6.45) is 1.15. The van der Waals surface area contributed by atoms with Crippen molar-refractivity contribution >= 4 is 11.6 Å². The molecule has 33 heavy (non-hydrogen) atoms. The van der Waals surface area contributed by atoms with Gasteiger partial charge in [-0.15, -0.1) is 0 Å². The summed E-state index contributed by atoms with van der Waals surface area (Å²) >= 11 is 0.